The van der Waals surface area contributed by atoms with Crippen LogP contribution in [0.3, 0.4) is 0 Å². The first-order valence-corrected chi connectivity index (χ1v) is 15.8. The van der Waals surface area contributed by atoms with Gasteiger partial charge in [0, 0.05) is 45.7 Å². The SMILES string of the molecule is COc1cc(C(=O)N2C[C@H](N)C[C@@H](F)C2)cc2sc(-c3cc4ccc(-c5ccc(C(N)=O)c(F)c5)nc4n3CC3CC3)c(C)c12. The Labute approximate surface area is 262 Å². The molecule has 11 heteroatoms. The van der Waals surface area contributed by atoms with Crippen molar-refractivity contribution in [3.8, 4) is 27.6 Å². The van der Waals surface area contributed by atoms with Crippen molar-refractivity contribution < 1.29 is 23.1 Å². The number of aromatic nitrogens is 2. The van der Waals surface area contributed by atoms with Gasteiger partial charge < -0.3 is 25.7 Å². The number of amides is 2. The second kappa shape index (κ2) is 11.2. The third kappa shape index (κ3) is 5.33. The summed E-state index contributed by atoms with van der Waals surface area (Å²) >= 11 is 1.58. The first-order chi connectivity index (χ1) is 21.6. The number of carbonyl (C=O) groups excluding carboxylic acids is 2. The minimum atomic E-state index is -1.14. The highest BCUT2D eigenvalue weighted by Crippen LogP contribution is 2.45. The second-order valence-electron chi connectivity index (χ2n) is 12.2. The summed E-state index contributed by atoms with van der Waals surface area (Å²) in [6, 6.07) is 13.5. The Balaban J connectivity index is 1.33. The maximum absolute atomic E-state index is 14.6. The summed E-state index contributed by atoms with van der Waals surface area (Å²) in [4.78, 5) is 32.5. The summed E-state index contributed by atoms with van der Waals surface area (Å²) in [5, 5.41) is 1.88. The van der Waals surface area contributed by atoms with Crippen LogP contribution in [-0.2, 0) is 6.54 Å². The predicted octanol–water partition coefficient (Wildman–Crippen LogP) is 6.06. The van der Waals surface area contributed by atoms with Gasteiger partial charge in [0.25, 0.3) is 11.8 Å². The molecule has 5 aromatic rings. The van der Waals surface area contributed by atoms with Gasteiger partial charge in [-0.25, -0.2) is 13.8 Å². The second-order valence-corrected chi connectivity index (χ2v) is 13.2. The summed E-state index contributed by atoms with van der Waals surface area (Å²) in [5.74, 6) is -0.639. The number of halogens is 2. The van der Waals surface area contributed by atoms with Crippen molar-refractivity contribution in [2.45, 2.75) is 44.9 Å². The molecular formula is C34H33F2N5O3S. The van der Waals surface area contributed by atoms with Crippen LogP contribution in [0.2, 0.25) is 0 Å². The van der Waals surface area contributed by atoms with Gasteiger partial charge in [0.15, 0.2) is 0 Å². The van der Waals surface area contributed by atoms with Gasteiger partial charge in [0.05, 0.1) is 35.5 Å². The number of hydrogen-bond donors (Lipinski definition) is 2. The van der Waals surface area contributed by atoms with Crippen LogP contribution >= 0.6 is 11.3 Å². The topological polar surface area (TPSA) is 116 Å². The smallest absolute Gasteiger partial charge is 0.254 e. The summed E-state index contributed by atoms with van der Waals surface area (Å²) in [5.41, 5.74) is 15.5. The van der Waals surface area contributed by atoms with Crippen molar-refractivity contribution in [2.75, 3.05) is 20.2 Å². The number of hydrogen-bond acceptors (Lipinski definition) is 6. The van der Waals surface area contributed by atoms with E-state index in [0.29, 0.717) is 35.0 Å². The van der Waals surface area contributed by atoms with E-state index in [2.05, 4.69) is 17.6 Å². The molecule has 1 saturated heterocycles. The normalized spacial score (nSPS) is 18.6. The summed E-state index contributed by atoms with van der Waals surface area (Å²) < 4.78 is 37.8. The van der Waals surface area contributed by atoms with E-state index in [0.717, 1.165) is 56.6 Å². The molecule has 1 aliphatic heterocycles. The molecule has 4 N–H and O–H groups in total. The van der Waals surface area contributed by atoms with Crippen LogP contribution in [0.4, 0.5) is 8.78 Å². The number of primary amides is 1. The molecule has 8 nitrogen and oxygen atoms in total. The van der Waals surface area contributed by atoms with Crippen molar-refractivity contribution >= 4 is 44.3 Å². The number of likely N-dealkylation sites (tertiary alicyclic amines) is 1. The number of ether oxygens (including phenoxy) is 1. The molecule has 2 aromatic carbocycles. The quantitative estimate of drug-likeness (QED) is 0.227. The standard InChI is InChI=1S/C34H33F2N5O3S/c1-17-30-28(44-2)11-21(34(43)40-15-22(35)13-23(37)16-40)12-29(30)45-31(17)27-10-20-6-8-26(39-33(20)41(27)14-18-3-4-18)19-5-7-24(32(38)42)25(36)9-19/h5-12,18,22-23H,3-4,13-16,37H2,1-2H3,(H2,38,42)/t22-,23-/m1/s1. The average molecular weight is 630 g/mol. The molecule has 3 aromatic heterocycles. The maximum atomic E-state index is 14.6. The van der Waals surface area contributed by atoms with Crippen LogP contribution in [0.25, 0.3) is 42.9 Å². The van der Waals surface area contributed by atoms with E-state index in [1.54, 1.807) is 30.6 Å². The highest BCUT2D eigenvalue weighted by atomic mass is 32.1. The fraction of sp³-hybridized carbons (Fsp3) is 0.324. The Kier molecular flexibility index (Phi) is 7.32. The van der Waals surface area contributed by atoms with Gasteiger partial charge in [0.2, 0.25) is 0 Å². The lowest BCUT2D eigenvalue weighted by Gasteiger charge is -2.33. The van der Waals surface area contributed by atoms with E-state index in [9.17, 15) is 18.4 Å². The van der Waals surface area contributed by atoms with E-state index in [-0.39, 0.29) is 24.4 Å². The number of carbonyl (C=O) groups is 2. The molecule has 2 amide bonds. The number of thiophene rings is 1. The number of fused-ring (bicyclic) bond motifs is 2. The van der Waals surface area contributed by atoms with Gasteiger partial charge in [0.1, 0.15) is 23.4 Å². The van der Waals surface area contributed by atoms with Crippen LogP contribution in [0.15, 0.2) is 48.5 Å². The van der Waals surface area contributed by atoms with Crippen LogP contribution in [0, 0.1) is 18.7 Å². The summed E-state index contributed by atoms with van der Waals surface area (Å²) in [6.45, 7) is 3.18. The number of methoxy groups -OCH3 is 1. The van der Waals surface area contributed by atoms with Crippen molar-refractivity contribution in [2.24, 2.45) is 17.4 Å². The minimum Gasteiger partial charge on any atom is -0.496 e. The Hall–Kier alpha value is -4.35. The summed E-state index contributed by atoms with van der Waals surface area (Å²) in [7, 11) is 1.59. The zero-order valence-electron chi connectivity index (χ0n) is 25.0. The molecule has 1 aliphatic carbocycles. The molecular weight excluding hydrogens is 596 g/mol. The molecule has 1 saturated carbocycles. The fourth-order valence-electron chi connectivity index (χ4n) is 6.39. The average Bonchev–Trinajstić information content (AvgIpc) is 3.68. The molecule has 4 heterocycles. The van der Waals surface area contributed by atoms with E-state index in [4.69, 9.17) is 21.2 Å². The third-order valence-corrected chi connectivity index (χ3v) is 10.1. The molecule has 0 radical (unpaired) electrons. The highest BCUT2D eigenvalue weighted by Gasteiger charge is 2.30. The molecule has 0 unspecified atom stereocenters. The first-order valence-electron chi connectivity index (χ1n) is 15.0. The number of piperidine rings is 1. The van der Waals surface area contributed by atoms with E-state index >= 15 is 0 Å². The number of rotatable bonds is 7. The number of nitrogens with two attached hydrogens (primary N) is 2. The Morgan fingerprint density at radius 1 is 1.11 bits per heavy atom. The van der Waals surface area contributed by atoms with Gasteiger partial charge in [-0.1, -0.05) is 6.07 Å². The number of alkyl halides is 1. The third-order valence-electron chi connectivity index (χ3n) is 8.82. The number of benzene rings is 2. The van der Waals surface area contributed by atoms with Crippen molar-refractivity contribution in [3.05, 3.63) is 71.0 Å². The molecule has 0 bridgehead atoms. The monoisotopic (exact) mass is 629 g/mol. The summed E-state index contributed by atoms with van der Waals surface area (Å²) in [6.07, 6.45) is 1.39. The molecule has 7 rings (SSSR count). The molecule has 2 aliphatic rings. The van der Waals surface area contributed by atoms with Crippen molar-refractivity contribution in [1.82, 2.24) is 14.5 Å². The van der Waals surface area contributed by atoms with Gasteiger partial charge in [-0.2, -0.15) is 0 Å². The Bertz CT molecular complexity index is 1990. The fourth-order valence-corrected chi connectivity index (χ4v) is 7.68. The molecule has 232 valence electrons. The van der Waals surface area contributed by atoms with Gasteiger partial charge in [-0.15, -0.1) is 11.3 Å². The zero-order chi connectivity index (χ0) is 31.6. The Morgan fingerprint density at radius 2 is 1.91 bits per heavy atom. The maximum Gasteiger partial charge on any atom is 0.254 e. The molecule has 2 fully saturated rings. The van der Waals surface area contributed by atoms with Crippen LogP contribution in [-0.4, -0.2) is 58.7 Å². The predicted molar refractivity (Wildman–Crippen MR) is 172 cm³/mol. The lowest BCUT2D eigenvalue weighted by Crippen LogP contribution is -2.50. The van der Waals surface area contributed by atoms with E-state index in [1.165, 1.54) is 17.0 Å². The van der Waals surface area contributed by atoms with Crippen molar-refractivity contribution in [1.29, 1.82) is 0 Å². The van der Waals surface area contributed by atoms with Crippen LogP contribution < -0.4 is 16.2 Å². The van der Waals surface area contributed by atoms with Gasteiger partial charge >= 0.3 is 0 Å². The zero-order valence-corrected chi connectivity index (χ0v) is 25.8. The van der Waals surface area contributed by atoms with Gasteiger partial charge in [-0.05, 0) is 80.1 Å². The first kappa shape index (κ1) is 29.4. The van der Waals surface area contributed by atoms with Gasteiger partial charge in [-0.3, -0.25) is 9.59 Å². The molecule has 2 atom stereocenters. The molecule has 0 spiro atoms. The number of nitrogens with zero attached hydrogens (tertiary/aromatic N) is 3. The van der Waals surface area contributed by atoms with E-state index in [1.807, 2.05) is 18.2 Å². The van der Waals surface area contributed by atoms with E-state index < -0.39 is 23.9 Å². The van der Waals surface area contributed by atoms with Crippen LogP contribution in [0.5, 0.6) is 5.75 Å². The lowest BCUT2D eigenvalue weighted by atomic mass is 10.0. The largest absolute Gasteiger partial charge is 0.496 e. The molecule has 45 heavy (non-hydrogen) atoms. The Morgan fingerprint density at radius 3 is 2.60 bits per heavy atom. The lowest BCUT2D eigenvalue weighted by molar-refractivity contribution is 0.0606. The minimum absolute atomic E-state index is 0.0276. The highest BCUT2D eigenvalue weighted by molar-refractivity contribution is 7.22. The number of pyridine rings is 1. The number of aryl methyl sites for hydroxylation is 1. The van der Waals surface area contributed by atoms with Crippen molar-refractivity contribution in [3.63, 3.8) is 0 Å². The van der Waals surface area contributed by atoms with Crippen LogP contribution in [0.1, 0.15) is 45.5 Å².